The Labute approximate surface area is 168 Å². The minimum absolute atomic E-state index is 0.0180. The van der Waals surface area contributed by atoms with Gasteiger partial charge >= 0.3 is 0 Å². The number of nitrogens with zero attached hydrogens (tertiary/aromatic N) is 1. The van der Waals surface area contributed by atoms with Crippen molar-refractivity contribution in [3.63, 3.8) is 0 Å². The van der Waals surface area contributed by atoms with Crippen LogP contribution >= 0.6 is 0 Å². The molecule has 0 bridgehead atoms. The van der Waals surface area contributed by atoms with Gasteiger partial charge in [-0.1, -0.05) is 6.07 Å². The summed E-state index contributed by atoms with van der Waals surface area (Å²) in [6, 6.07) is 7.33. The maximum Gasteiger partial charge on any atom is 0.227 e. The molecule has 7 nitrogen and oxygen atoms in total. The average Bonchev–Trinajstić information content (AvgIpc) is 2.62. The standard InChI is InChI=1S/C20H33N3O4S/c1-15(2)28(25,26)22-17-10-8-16(9-11-17)20(24)21-18-6-5-7-19(14-18)27-13-12-23(3)4/h5-7,14-17,22H,8-13H2,1-4H3,(H,21,24). The van der Waals surface area contributed by atoms with Crippen LogP contribution in [0.3, 0.4) is 0 Å². The van der Waals surface area contributed by atoms with Gasteiger partial charge in [0, 0.05) is 30.3 Å². The largest absolute Gasteiger partial charge is 0.492 e. The third-order valence-electron chi connectivity index (χ3n) is 4.96. The molecule has 28 heavy (non-hydrogen) atoms. The number of sulfonamides is 1. The Morgan fingerprint density at radius 3 is 2.50 bits per heavy atom. The van der Waals surface area contributed by atoms with Crippen LogP contribution in [-0.4, -0.2) is 57.8 Å². The van der Waals surface area contributed by atoms with Gasteiger partial charge in [0.1, 0.15) is 12.4 Å². The minimum Gasteiger partial charge on any atom is -0.492 e. The summed E-state index contributed by atoms with van der Waals surface area (Å²) in [7, 11) is 0.708. The third-order valence-corrected chi connectivity index (χ3v) is 6.86. The number of hydrogen-bond donors (Lipinski definition) is 2. The zero-order valence-electron chi connectivity index (χ0n) is 17.3. The Balaban J connectivity index is 1.83. The highest BCUT2D eigenvalue weighted by molar-refractivity contribution is 7.90. The molecule has 0 atom stereocenters. The van der Waals surface area contributed by atoms with Crippen molar-refractivity contribution in [1.29, 1.82) is 0 Å². The molecule has 1 aromatic carbocycles. The molecule has 1 aliphatic carbocycles. The molecule has 0 aromatic heterocycles. The van der Waals surface area contributed by atoms with Crippen molar-refractivity contribution < 1.29 is 17.9 Å². The van der Waals surface area contributed by atoms with E-state index in [1.54, 1.807) is 13.8 Å². The lowest BCUT2D eigenvalue weighted by Crippen LogP contribution is -2.42. The lowest BCUT2D eigenvalue weighted by molar-refractivity contribution is -0.120. The van der Waals surface area contributed by atoms with Gasteiger partial charge in [0.25, 0.3) is 0 Å². The summed E-state index contributed by atoms with van der Waals surface area (Å²) in [5, 5.41) is 2.52. The fourth-order valence-electron chi connectivity index (χ4n) is 3.10. The van der Waals surface area contributed by atoms with Gasteiger partial charge in [-0.15, -0.1) is 0 Å². The first-order chi connectivity index (χ1) is 13.2. The molecule has 2 N–H and O–H groups in total. The average molecular weight is 412 g/mol. The first-order valence-electron chi connectivity index (χ1n) is 9.87. The van der Waals surface area contributed by atoms with Gasteiger partial charge < -0.3 is 15.0 Å². The van der Waals surface area contributed by atoms with Gasteiger partial charge in [0.05, 0.1) is 5.25 Å². The van der Waals surface area contributed by atoms with E-state index in [0.717, 1.165) is 18.0 Å². The summed E-state index contributed by atoms with van der Waals surface area (Å²) in [5.41, 5.74) is 0.718. The van der Waals surface area contributed by atoms with Crippen LogP contribution < -0.4 is 14.8 Å². The number of nitrogens with one attached hydrogen (secondary N) is 2. The van der Waals surface area contributed by atoms with Crippen LogP contribution in [0.5, 0.6) is 5.75 Å². The molecule has 0 unspecified atom stereocenters. The van der Waals surface area contributed by atoms with Crippen molar-refractivity contribution in [3.8, 4) is 5.75 Å². The van der Waals surface area contributed by atoms with Gasteiger partial charge in [-0.3, -0.25) is 4.79 Å². The molecule has 1 fully saturated rings. The minimum atomic E-state index is -3.27. The Kier molecular flexibility index (Phi) is 8.27. The number of anilines is 1. The van der Waals surface area contributed by atoms with Crippen LogP contribution in [0.25, 0.3) is 0 Å². The Morgan fingerprint density at radius 2 is 1.89 bits per heavy atom. The molecule has 0 aliphatic heterocycles. The van der Waals surface area contributed by atoms with Gasteiger partial charge in [0.2, 0.25) is 15.9 Å². The van der Waals surface area contributed by atoms with Crippen LogP contribution in [-0.2, 0) is 14.8 Å². The van der Waals surface area contributed by atoms with Crippen molar-refractivity contribution >= 4 is 21.6 Å². The maximum absolute atomic E-state index is 12.6. The molecule has 1 saturated carbocycles. The summed E-state index contributed by atoms with van der Waals surface area (Å²) in [6.07, 6.45) is 2.71. The summed E-state index contributed by atoms with van der Waals surface area (Å²) < 4.78 is 32.5. The Bertz CT molecular complexity index is 742. The van der Waals surface area contributed by atoms with E-state index >= 15 is 0 Å². The third kappa shape index (κ3) is 7.07. The second-order valence-corrected chi connectivity index (χ2v) is 10.2. The van der Waals surface area contributed by atoms with Crippen LogP contribution in [0.4, 0.5) is 5.69 Å². The fourth-order valence-corrected chi connectivity index (χ4v) is 4.07. The number of likely N-dealkylation sites (N-methyl/N-ethyl adjacent to an activating group) is 1. The van der Waals surface area contributed by atoms with E-state index in [1.807, 2.05) is 43.3 Å². The van der Waals surface area contributed by atoms with E-state index in [4.69, 9.17) is 4.74 Å². The molecule has 8 heteroatoms. The fraction of sp³-hybridized carbons (Fsp3) is 0.650. The Hall–Kier alpha value is -1.64. The summed E-state index contributed by atoms with van der Waals surface area (Å²) >= 11 is 0. The Morgan fingerprint density at radius 1 is 1.21 bits per heavy atom. The molecule has 0 heterocycles. The molecule has 1 aliphatic rings. The molecule has 0 radical (unpaired) electrons. The van der Waals surface area contributed by atoms with Gasteiger partial charge in [0.15, 0.2) is 0 Å². The molecule has 1 amide bonds. The predicted octanol–water partition coefficient (Wildman–Crippen LogP) is 2.45. The smallest absolute Gasteiger partial charge is 0.227 e. The second kappa shape index (κ2) is 10.2. The number of carbonyl (C=O) groups excluding carboxylic acids is 1. The van der Waals surface area contributed by atoms with E-state index in [9.17, 15) is 13.2 Å². The predicted molar refractivity (Wildman–Crippen MR) is 112 cm³/mol. The van der Waals surface area contributed by atoms with E-state index in [2.05, 4.69) is 10.0 Å². The lowest BCUT2D eigenvalue weighted by Gasteiger charge is -2.28. The molecule has 0 spiro atoms. The van der Waals surface area contributed by atoms with Gasteiger partial charge in [-0.05, 0) is 65.8 Å². The molecular weight excluding hydrogens is 378 g/mol. The molecule has 158 valence electrons. The van der Waals surface area contributed by atoms with Crippen molar-refractivity contribution in [3.05, 3.63) is 24.3 Å². The second-order valence-electron chi connectivity index (χ2n) is 7.93. The normalized spacial score (nSPS) is 20.4. The van der Waals surface area contributed by atoms with E-state index < -0.39 is 15.3 Å². The van der Waals surface area contributed by atoms with Crippen LogP contribution in [0.15, 0.2) is 24.3 Å². The van der Waals surface area contributed by atoms with E-state index in [-0.39, 0.29) is 17.9 Å². The number of rotatable bonds is 9. The number of ether oxygens (including phenoxy) is 1. The highest BCUT2D eigenvalue weighted by Gasteiger charge is 2.29. The van der Waals surface area contributed by atoms with Crippen molar-refractivity contribution in [2.45, 2.75) is 50.8 Å². The monoisotopic (exact) mass is 411 g/mol. The molecule has 2 rings (SSSR count). The first kappa shape index (κ1) is 22.6. The van der Waals surface area contributed by atoms with Crippen LogP contribution in [0.1, 0.15) is 39.5 Å². The zero-order chi connectivity index (χ0) is 20.7. The van der Waals surface area contributed by atoms with Crippen molar-refractivity contribution in [2.75, 3.05) is 32.6 Å². The zero-order valence-corrected chi connectivity index (χ0v) is 18.1. The number of benzene rings is 1. The quantitative estimate of drug-likeness (QED) is 0.652. The molecule has 0 saturated heterocycles. The lowest BCUT2D eigenvalue weighted by atomic mass is 9.86. The maximum atomic E-state index is 12.6. The van der Waals surface area contributed by atoms with Crippen LogP contribution in [0, 0.1) is 5.92 Å². The SMILES string of the molecule is CC(C)S(=O)(=O)NC1CCC(C(=O)Nc2cccc(OCCN(C)C)c2)CC1. The summed E-state index contributed by atoms with van der Waals surface area (Å²) in [6.45, 7) is 4.74. The molecular formula is C20H33N3O4S. The summed E-state index contributed by atoms with van der Waals surface area (Å²) in [4.78, 5) is 14.6. The highest BCUT2D eigenvalue weighted by atomic mass is 32.2. The van der Waals surface area contributed by atoms with Crippen molar-refractivity contribution in [2.24, 2.45) is 5.92 Å². The van der Waals surface area contributed by atoms with Gasteiger partial charge in [-0.25, -0.2) is 13.1 Å². The van der Waals surface area contributed by atoms with E-state index in [1.165, 1.54) is 0 Å². The first-order valence-corrected chi connectivity index (χ1v) is 11.4. The number of hydrogen-bond acceptors (Lipinski definition) is 5. The van der Waals surface area contributed by atoms with E-state index in [0.29, 0.717) is 32.3 Å². The van der Waals surface area contributed by atoms with Crippen molar-refractivity contribution in [1.82, 2.24) is 9.62 Å². The topological polar surface area (TPSA) is 87.7 Å². The summed E-state index contributed by atoms with van der Waals surface area (Å²) in [5.74, 6) is 0.611. The number of amides is 1. The van der Waals surface area contributed by atoms with Gasteiger partial charge in [-0.2, -0.15) is 0 Å². The highest BCUT2D eigenvalue weighted by Crippen LogP contribution is 2.27. The molecule has 1 aromatic rings. The number of carbonyl (C=O) groups is 1. The van der Waals surface area contributed by atoms with Crippen LogP contribution in [0.2, 0.25) is 0 Å².